The molecule has 0 spiro atoms. The predicted molar refractivity (Wildman–Crippen MR) is 110 cm³/mol. The Morgan fingerprint density at radius 1 is 1.15 bits per heavy atom. The topological polar surface area (TPSA) is 73.0 Å². The zero-order valence-electron chi connectivity index (χ0n) is 15.3. The Kier molecular flexibility index (Phi) is 5.11. The van der Waals surface area contributed by atoms with Crippen LogP contribution in [0, 0.1) is 0 Å². The fraction of sp³-hybridized carbons (Fsp3) is 0.526. The van der Waals surface area contributed by atoms with E-state index >= 15 is 0 Å². The van der Waals surface area contributed by atoms with Crippen LogP contribution in [0.5, 0.6) is 0 Å². The Labute approximate surface area is 172 Å². The molecule has 0 bridgehead atoms. The number of alkyl halides is 1. The first-order chi connectivity index (χ1) is 12.9. The second kappa shape index (κ2) is 7.38. The SMILES string of the molecule is C[C@H](I)N1CCN(c2ccc3c(c2)CN(C2CCC(=O)NC2=O)C3=O)CC1. The number of hydrogen-bond acceptors (Lipinski definition) is 5. The lowest BCUT2D eigenvalue weighted by Crippen LogP contribution is -2.52. The molecule has 1 aromatic carbocycles. The van der Waals surface area contributed by atoms with Crippen LogP contribution in [0.25, 0.3) is 0 Å². The molecule has 3 aliphatic rings. The third kappa shape index (κ3) is 3.56. The van der Waals surface area contributed by atoms with Crippen LogP contribution >= 0.6 is 22.6 Å². The fourth-order valence-corrected chi connectivity index (χ4v) is 4.65. The molecule has 0 aromatic heterocycles. The molecular weight excluding hydrogens is 459 g/mol. The van der Waals surface area contributed by atoms with E-state index < -0.39 is 6.04 Å². The molecule has 1 N–H and O–H groups in total. The number of halogens is 1. The van der Waals surface area contributed by atoms with Crippen molar-refractivity contribution in [2.24, 2.45) is 0 Å². The highest BCUT2D eigenvalue weighted by Gasteiger charge is 2.39. The highest BCUT2D eigenvalue weighted by Crippen LogP contribution is 2.31. The number of rotatable bonds is 3. The molecule has 2 saturated heterocycles. The molecule has 4 rings (SSSR count). The third-order valence-corrected chi connectivity index (χ3v) is 6.48. The molecule has 27 heavy (non-hydrogen) atoms. The molecule has 2 atom stereocenters. The first-order valence-corrected chi connectivity index (χ1v) is 10.6. The molecule has 0 saturated carbocycles. The zero-order valence-corrected chi connectivity index (χ0v) is 17.4. The number of imide groups is 1. The van der Waals surface area contributed by atoms with Crippen LogP contribution < -0.4 is 10.2 Å². The number of nitrogens with one attached hydrogen (secondary N) is 1. The summed E-state index contributed by atoms with van der Waals surface area (Å²) in [5, 5.41) is 2.34. The summed E-state index contributed by atoms with van der Waals surface area (Å²) in [7, 11) is 0. The summed E-state index contributed by atoms with van der Waals surface area (Å²) in [6.45, 7) is 6.64. The van der Waals surface area contributed by atoms with Crippen LogP contribution in [0.15, 0.2) is 18.2 Å². The van der Waals surface area contributed by atoms with Crippen LogP contribution in [0.2, 0.25) is 0 Å². The molecule has 144 valence electrons. The quantitative estimate of drug-likeness (QED) is 0.305. The summed E-state index contributed by atoms with van der Waals surface area (Å²) in [6.07, 6.45) is 0.676. The van der Waals surface area contributed by atoms with Crippen molar-refractivity contribution in [2.45, 2.75) is 36.4 Å². The van der Waals surface area contributed by atoms with E-state index in [1.165, 1.54) is 0 Å². The van der Waals surface area contributed by atoms with Crippen molar-refractivity contribution in [2.75, 3.05) is 31.1 Å². The monoisotopic (exact) mass is 482 g/mol. The Morgan fingerprint density at radius 3 is 2.56 bits per heavy atom. The second-order valence-corrected chi connectivity index (χ2v) is 9.14. The van der Waals surface area contributed by atoms with Gasteiger partial charge in [-0.3, -0.25) is 24.6 Å². The van der Waals surface area contributed by atoms with E-state index in [4.69, 9.17) is 0 Å². The fourth-order valence-electron chi connectivity index (χ4n) is 4.09. The smallest absolute Gasteiger partial charge is 0.255 e. The van der Waals surface area contributed by atoms with Gasteiger partial charge in [0.25, 0.3) is 5.91 Å². The van der Waals surface area contributed by atoms with Crippen molar-refractivity contribution in [1.82, 2.24) is 15.1 Å². The van der Waals surface area contributed by atoms with Crippen LogP contribution in [0.3, 0.4) is 0 Å². The minimum atomic E-state index is -0.556. The summed E-state index contributed by atoms with van der Waals surface area (Å²) in [5.41, 5.74) is 2.77. The first kappa shape index (κ1) is 18.7. The van der Waals surface area contributed by atoms with Crippen molar-refractivity contribution >= 4 is 46.0 Å². The summed E-state index contributed by atoms with van der Waals surface area (Å²) in [6, 6.07) is 5.42. The molecular formula is C19H23IN4O3. The minimum absolute atomic E-state index is 0.116. The van der Waals surface area contributed by atoms with Crippen LogP contribution in [-0.2, 0) is 16.1 Å². The number of amides is 3. The average Bonchev–Trinajstić information content (AvgIpc) is 2.98. The number of benzene rings is 1. The van der Waals surface area contributed by atoms with Crippen molar-refractivity contribution in [1.29, 1.82) is 0 Å². The van der Waals surface area contributed by atoms with Gasteiger partial charge in [-0.2, -0.15) is 0 Å². The number of piperidine rings is 1. The van der Waals surface area contributed by atoms with E-state index in [-0.39, 0.29) is 24.1 Å². The predicted octanol–water partition coefficient (Wildman–Crippen LogP) is 1.35. The molecule has 3 heterocycles. The Bertz CT molecular complexity index is 789. The second-order valence-electron chi connectivity index (χ2n) is 7.34. The lowest BCUT2D eigenvalue weighted by molar-refractivity contribution is -0.136. The van der Waals surface area contributed by atoms with Gasteiger partial charge in [0.15, 0.2) is 0 Å². The number of fused-ring (bicyclic) bond motifs is 1. The van der Waals surface area contributed by atoms with Crippen LogP contribution in [0.1, 0.15) is 35.7 Å². The van der Waals surface area contributed by atoms with Gasteiger partial charge in [0.1, 0.15) is 6.04 Å². The number of nitrogens with zero attached hydrogens (tertiary/aromatic N) is 3. The lowest BCUT2D eigenvalue weighted by atomic mass is 10.0. The molecule has 3 amide bonds. The van der Waals surface area contributed by atoms with E-state index in [1.54, 1.807) is 4.90 Å². The summed E-state index contributed by atoms with van der Waals surface area (Å²) >= 11 is 2.45. The van der Waals surface area contributed by atoms with E-state index in [2.05, 4.69) is 50.7 Å². The normalized spacial score (nSPS) is 24.8. The van der Waals surface area contributed by atoms with Gasteiger partial charge < -0.3 is 9.80 Å². The molecule has 0 radical (unpaired) electrons. The maximum absolute atomic E-state index is 12.8. The molecule has 0 aliphatic carbocycles. The summed E-state index contributed by atoms with van der Waals surface area (Å²) in [5.74, 6) is -0.742. The van der Waals surface area contributed by atoms with E-state index in [1.807, 2.05) is 12.1 Å². The summed E-state index contributed by atoms with van der Waals surface area (Å²) < 4.78 is 0.532. The highest BCUT2D eigenvalue weighted by molar-refractivity contribution is 14.1. The Balaban J connectivity index is 1.48. The van der Waals surface area contributed by atoms with Gasteiger partial charge in [-0.25, -0.2) is 0 Å². The molecule has 3 aliphatic heterocycles. The molecule has 2 fully saturated rings. The Morgan fingerprint density at radius 2 is 1.89 bits per heavy atom. The maximum Gasteiger partial charge on any atom is 0.255 e. The first-order valence-electron chi connectivity index (χ1n) is 9.34. The van der Waals surface area contributed by atoms with Gasteiger partial charge in [0, 0.05) is 50.4 Å². The lowest BCUT2D eigenvalue weighted by Gasteiger charge is -2.37. The molecule has 8 heteroatoms. The number of anilines is 1. The zero-order chi connectivity index (χ0) is 19.1. The van der Waals surface area contributed by atoms with Crippen LogP contribution in [-0.4, -0.2) is 63.8 Å². The van der Waals surface area contributed by atoms with Crippen molar-refractivity contribution in [3.8, 4) is 0 Å². The standard InChI is InChI=1S/C19H23IN4O3/c1-12(20)22-6-8-23(9-7-22)14-2-3-15-13(10-14)11-24(19(15)27)16-4-5-17(25)21-18(16)26/h2-3,10,12,16H,4-9,11H2,1H3,(H,21,25,26)/t12-,16?/m1/s1. The average molecular weight is 482 g/mol. The number of piperazine rings is 1. The van der Waals surface area contributed by atoms with E-state index in [0.29, 0.717) is 22.6 Å². The molecule has 1 aromatic rings. The van der Waals surface area contributed by atoms with Gasteiger partial charge in [-0.1, -0.05) is 22.6 Å². The van der Waals surface area contributed by atoms with Crippen LogP contribution in [0.4, 0.5) is 5.69 Å². The molecule has 7 nitrogen and oxygen atoms in total. The Hall–Kier alpha value is -1.68. The number of hydrogen-bond donors (Lipinski definition) is 1. The highest BCUT2D eigenvalue weighted by atomic mass is 127. The maximum atomic E-state index is 12.8. The molecule has 1 unspecified atom stereocenters. The van der Waals surface area contributed by atoms with Gasteiger partial charge in [-0.05, 0) is 37.1 Å². The van der Waals surface area contributed by atoms with Gasteiger partial charge in [0.2, 0.25) is 11.8 Å². The third-order valence-electron chi connectivity index (χ3n) is 5.69. The number of carbonyl (C=O) groups is 3. The number of carbonyl (C=O) groups excluding carboxylic acids is 3. The van der Waals surface area contributed by atoms with Gasteiger partial charge in [0.05, 0.1) is 4.05 Å². The van der Waals surface area contributed by atoms with E-state index in [0.717, 1.165) is 37.4 Å². The summed E-state index contributed by atoms with van der Waals surface area (Å²) in [4.78, 5) is 42.7. The van der Waals surface area contributed by atoms with Crippen molar-refractivity contribution < 1.29 is 14.4 Å². The van der Waals surface area contributed by atoms with E-state index in [9.17, 15) is 14.4 Å². The van der Waals surface area contributed by atoms with Gasteiger partial charge >= 0.3 is 0 Å². The largest absolute Gasteiger partial charge is 0.369 e. The van der Waals surface area contributed by atoms with Gasteiger partial charge in [-0.15, -0.1) is 0 Å². The minimum Gasteiger partial charge on any atom is -0.369 e. The van der Waals surface area contributed by atoms with Crippen molar-refractivity contribution in [3.05, 3.63) is 29.3 Å². The van der Waals surface area contributed by atoms with Crippen molar-refractivity contribution in [3.63, 3.8) is 0 Å².